The van der Waals surface area contributed by atoms with E-state index in [2.05, 4.69) is 12.6 Å². The van der Waals surface area contributed by atoms with Gasteiger partial charge in [0.15, 0.2) is 22.8 Å². The van der Waals surface area contributed by atoms with Crippen LogP contribution in [0.3, 0.4) is 0 Å². The summed E-state index contributed by atoms with van der Waals surface area (Å²) in [5, 5.41) is 10.8. The summed E-state index contributed by atoms with van der Waals surface area (Å²) >= 11 is 4.14. The third kappa shape index (κ3) is 2.32. The fourth-order valence-electron chi connectivity index (χ4n) is 7.67. The van der Waals surface area contributed by atoms with E-state index in [0.29, 0.717) is 6.42 Å². The van der Waals surface area contributed by atoms with Crippen molar-refractivity contribution in [3.05, 3.63) is 23.8 Å². The zero-order valence-corrected chi connectivity index (χ0v) is 18.9. The first-order chi connectivity index (χ1) is 14.2. The van der Waals surface area contributed by atoms with Crippen LogP contribution < -0.4 is 0 Å². The summed E-state index contributed by atoms with van der Waals surface area (Å²) < 4.78 is 44.7. The molecule has 9 atom stereocenters. The Morgan fingerprint density at radius 2 is 1.90 bits per heavy atom. The van der Waals surface area contributed by atoms with Gasteiger partial charge in [0.2, 0.25) is 5.12 Å². The molecule has 0 amide bonds. The van der Waals surface area contributed by atoms with E-state index in [1.165, 1.54) is 18.2 Å². The minimum Gasteiger partial charge on any atom is -0.390 e. The molecule has 1 heterocycles. The fourth-order valence-corrected chi connectivity index (χ4v) is 8.12. The molecule has 4 fully saturated rings. The van der Waals surface area contributed by atoms with E-state index in [4.69, 9.17) is 9.47 Å². The highest BCUT2D eigenvalue weighted by Gasteiger charge is 2.80. The molecule has 1 saturated heterocycles. The highest BCUT2D eigenvalue weighted by atomic mass is 32.1. The number of carbonyl (C=O) groups excluding carboxylic acids is 2. The zero-order chi connectivity index (χ0) is 22.8. The number of ketones is 1. The molecule has 1 aliphatic heterocycles. The Labute approximate surface area is 185 Å². The smallest absolute Gasteiger partial charge is 0.221 e. The van der Waals surface area contributed by atoms with Crippen LogP contribution in [0.25, 0.3) is 0 Å². The average molecular weight is 455 g/mol. The molecule has 31 heavy (non-hydrogen) atoms. The second kappa shape index (κ2) is 6.07. The molecular formula is C23H28F2O5S. The molecule has 0 spiro atoms. The molecule has 0 bridgehead atoms. The van der Waals surface area contributed by atoms with Gasteiger partial charge in [-0.2, -0.15) is 0 Å². The van der Waals surface area contributed by atoms with Gasteiger partial charge in [-0.25, -0.2) is 8.78 Å². The van der Waals surface area contributed by atoms with Crippen LogP contribution in [0.4, 0.5) is 8.78 Å². The predicted molar refractivity (Wildman–Crippen MR) is 111 cm³/mol. The monoisotopic (exact) mass is 454 g/mol. The highest BCUT2D eigenvalue weighted by Crippen LogP contribution is 2.72. The van der Waals surface area contributed by atoms with Crippen LogP contribution in [-0.2, 0) is 19.1 Å². The number of fused-ring (bicyclic) bond motifs is 7. The Morgan fingerprint density at radius 1 is 1.23 bits per heavy atom. The summed E-state index contributed by atoms with van der Waals surface area (Å²) in [6, 6.07) is 0. The van der Waals surface area contributed by atoms with Crippen LogP contribution in [0, 0.1) is 22.7 Å². The van der Waals surface area contributed by atoms with Crippen LogP contribution in [0.15, 0.2) is 23.8 Å². The van der Waals surface area contributed by atoms with E-state index >= 15 is 8.78 Å². The molecule has 0 aromatic carbocycles. The quantitative estimate of drug-likeness (QED) is 0.595. The number of halogens is 2. The van der Waals surface area contributed by atoms with Crippen molar-refractivity contribution >= 4 is 23.5 Å². The molecule has 0 radical (unpaired) electrons. The van der Waals surface area contributed by atoms with E-state index in [1.807, 2.05) is 0 Å². The number of allylic oxidation sites excluding steroid dienone is 4. The van der Waals surface area contributed by atoms with Gasteiger partial charge in [0.1, 0.15) is 6.17 Å². The number of aliphatic hydroxyl groups excluding tert-OH is 1. The summed E-state index contributed by atoms with van der Waals surface area (Å²) in [4.78, 5) is 24.8. The van der Waals surface area contributed by atoms with E-state index in [1.54, 1.807) is 27.7 Å². The van der Waals surface area contributed by atoms with Gasteiger partial charge in [0.25, 0.3) is 0 Å². The number of alkyl halides is 2. The number of aliphatic hydroxyl groups is 1. The number of hydrogen-bond donors (Lipinski definition) is 2. The molecule has 8 heteroatoms. The van der Waals surface area contributed by atoms with Crippen LogP contribution in [0.1, 0.15) is 47.0 Å². The van der Waals surface area contributed by atoms with Crippen molar-refractivity contribution in [3.63, 3.8) is 0 Å². The van der Waals surface area contributed by atoms with Gasteiger partial charge in [-0.3, -0.25) is 9.59 Å². The number of carbonyl (C=O) groups is 2. The maximum Gasteiger partial charge on any atom is 0.221 e. The third-order valence-corrected chi connectivity index (χ3v) is 9.27. The lowest BCUT2D eigenvalue weighted by Crippen LogP contribution is -2.70. The van der Waals surface area contributed by atoms with Gasteiger partial charge in [-0.1, -0.05) is 13.0 Å². The summed E-state index contributed by atoms with van der Waals surface area (Å²) in [6.07, 6.45) is 0.204. The van der Waals surface area contributed by atoms with Gasteiger partial charge in [-0.15, -0.1) is 12.6 Å². The molecule has 0 aromatic rings. The van der Waals surface area contributed by atoms with Crippen molar-refractivity contribution < 1.29 is 33.0 Å². The Bertz CT molecular complexity index is 948. The summed E-state index contributed by atoms with van der Waals surface area (Å²) in [7, 11) is 0. The van der Waals surface area contributed by atoms with Gasteiger partial charge in [0, 0.05) is 16.7 Å². The Kier molecular flexibility index (Phi) is 4.26. The SMILES string of the molecule is CC1(C)O[C@@H]2C[C@H]3[C@@H]4C[C@H](F)C5=CC(=O)C=C[C@]5(C)[C@@]4(F)[C@@H](O)C[C@]3(C)C2(C(=O)S)O1. The maximum atomic E-state index is 17.1. The Balaban J connectivity index is 1.66. The Morgan fingerprint density at radius 3 is 2.55 bits per heavy atom. The molecule has 1 N–H and O–H groups in total. The average Bonchev–Trinajstić information content (AvgIpc) is 3.06. The standard InChI is InChI=1S/C23H28F2O5S/c1-19(2)29-17-9-12-13-8-15(24)14-7-11(26)5-6-20(14,3)22(13,25)16(27)10-21(12,4)23(17,30-19)18(28)31/h5-7,12-13,15-17,27H,8-10H2,1-4H3,(H,28,31)/t12-,13-,15-,16-,17+,20-,21-,22-,23?/m0/s1. The zero-order valence-electron chi connectivity index (χ0n) is 18.0. The molecule has 4 aliphatic carbocycles. The normalized spacial score (nSPS) is 54.5. The molecule has 170 valence electrons. The number of thiol groups is 1. The molecule has 3 saturated carbocycles. The van der Waals surface area contributed by atoms with Gasteiger partial charge in [0.05, 0.1) is 12.2 Å². The third-order valence-electron chi connectivity index (χ3n) is 8.94. The molecule has 5 rings (SSSR count). The van der Waals surface area contributed by atoms with Crippen molar-refractivity contribution in [3.8, 4) is 0 Å². The van der Waals surface area contributed by atoms with E-state index < -0.39 is 63.2 Å². The molecule has 1 unspecified atom stereocenters. The minimum atomic E-state index is -2.20. The van der Waals surface area contributed by atoms with Crippen molar-refractivity contribution in [2.24, 2.45) is 22.7 Å². The number of ether oxygens (including phenoxy) is 2. The topological polar surface area (TPSA) is 72.8 Å². The van der Waals surface area contributed by atoms with Crippen molar-refractivity contribution in [1.82, 2.24) is 0 Å². The first kappa shape index (κ1) is 21.7. The predicted octanol–water partition coefficient (Wildman–Crippen LogP) is 3.26. The highest BCUT2D eigenvalue weighted by molar-refractivity contribution is 7.96. The lowest BCUT2D eigenvalue weighted by molar-refractivity contribution is -0.246. The lowest BCUT2D eigenvalue weighted by atomic mass is 9.44. The summed E-state index contributed by atoms with van der Waals surface area (Å²) in [5.74, 6) is -2.77. The fraction of sp³-hybridized carbons (Fsp3) is 0.739. The van der Waals surface area contributed by atoms with Crippen LogP contribution in [0.5, 0.6) is 0 Å². The molecule has 5 aliphatic rings. The molecular weight excluding hydrogens is 426 g/mol. The van der Waals surface area contributed by atoms with E-state index in [9.17, 15) is 14.7 Å². The van der Waals surface area contributed by atoms with E-state index in [0.717, 1.165) is 0 Å². The van der Waals surface area contributed by atoms with Gasteiger partial charge < -0.3 is 14.6 Å². The Hall–Kier alpha value is -1.09. The van der Waals surface area contributed by atoms with Crippen LogP contribution in [-0.4, -0.2) is 51.4 Å². The number of rotatable bonds is 1. The van der Waals surface area contributed by atoms with Crippen LogP contribution in [0.2, 0.25) is 0 Å². The van der Waals surface area contributed by atoms with Gasteiger partial charge in [-0.05, 0) is 63.7 Å². The summed E-state index contributed by atoms with van der Waals surface area (Å²) in [6.45, 7) is 6.78. The minimum absolute atomic E-state index is 0.0610. The first-order valence-electron chi connectivity index (χ1n) is 10.8. The van der Waals surface area contributed by atoms with Crippen LogP contribution >= 0.6 is 12.6 Å². The van der Waals surface area contributed by atoms with Gasteiger partial charge >= 0.3 is 0 Å². The van der Waals surface area contributed by atoms with Crippen molar-refractivity contribution in [2.45, 2.75) is 82.4 Å². The summed E-state index contributed by atoms with van der Waals surface area (Å²) in [5.41, 5.74) is -6.02. The second-order valence-corrected chi connectivity index (χ2v) is 11.2. The lowest BCUT2D eigenvalue weighted by Gasteiger charge is -2.63. The number of hydrogen-bond acceptors (Lipinski definition) is 5. The van der Waals surface area contributed by atoms with Crippen molar-refractivity contribution in [1.29, 1.82) is 0 Å². The second-order valence-electron chi connectivity index (χ2n) is 10.7. The molecule has 0 aromatic heterocycles. The van der Waals surface area contributed by atoms with Crippen molar-refractivity contribution in [2.75, 3.05) is 0 Å². The molecule has 5 nitrogen and oxygen atoms in total. The largest absolute Gasteiger partial charge is 0.390 e. The maximum absolute atomic E-state index is 17.1. The van der Waals surface area contributed by atoms with E-state index in [-0.39, 0.29) is 24.2 Å². The first-order valence-corrected chi connectivity index (χ1v) is 11.3.